The van der Waals surface area contributed by atoms with E-state index in [1.165, 1.54) is 0 Å². The highest BCUT2D eigenvalue weighted by Crippen LogP contribution is 2.11. The summed E-state index contributed by atoms with van der Waals surface area (Å²) >= 11 is 0. The molecule has 0 saturated carbocycles. The number of aryl methyl sites for hydroxylation is 2. The fourth-order valence-electron chi connectivity index (χ4n) is 2.56. The summed E-state index contributed by atoms with van der Waals surface area (Å²) in [5.74, 6) is -0.0883. The fraction of sp³-hybridized carbons (Fsp3) is 0.526. The first-order valence-electron chi connectivity index (χ1n) is 8.90. The first kappa shape index (κ1) is 21.0. The van der Waals surface area contributed by atoms with Crippen LogP contribution in [-0.2, 0) is 39.1 Å². The zero-order valence-corrected chi connectivity index (χ0v) is 16.3. The van der Waals surface area contributed by atoms with Crippen LogP contribution in [0.2, 0.25) is 0 Å². The van der Waals surface area contributed by atoms with Gasteiger partial charge in [0.15, 0.2) is 0 Å². The van der Waals surface area contributed by atoms with Crippen molar-refractivity contribution < 1.29 is 19.0 Å². The van der Waals surface area contributed by atoms with Gasteiger partial charge in [0.05, 0.1) is 44.4 Å². The Morgan fingerprint density at radius 2 is 1.96 bits per heavy atom. The number of carbonyl (C=O) groups is 1. The van der Waals surface area contributed by atoms with E-state index in [1.54, 1.807) is 29.1 Å². The van der Waals surface area contributed by atoms with Gasteiger partial charge in [-0.25, -0.2) is 0 Å². The largest absolute Gasteiger partial charge is 0.382 e. The molecular formula is C19H28N4O4. The van der Waals surface area contributed by atoms with Crippen molar-refractivity contribution in [1.82, 2.24) is 19.7 Å². The Balaban J connectivity index is 1.90. The van der Waals surface area contributed by atoms with Crippen LogP contribution >= 0.6 is 0 Å². The number of hydrogen-bond acceptors (Lipinski definition) is 6. The van der Waals surface area contributed by atoms with E-state index in [4.69, 9.17) is 14.2 Å². The van der Waals surface area contributed by atoms with Crippen LogP contribution in [0.4, 0.5) is 0 Å². The summed E-state index contributed by atoms with van der Waals surface area (Å²) in [5, 5.41) is 4.35. The molecule has 2 rings (SSSR count). The van der Waals surface area contributed by atoms with Crippen molar-refractivity contribution in [2.75, 3.05) is 40.1 Å². The number of aromatic nitrogens is 3. The van der Waals surface area contributed by atoms with Crippen molar-refractivity contribution >= 4 is 5.91 Å². The molecule has 0 aliphatic carbocycles. The lowest BCUT2D eigenvalue weighted by Crippen LogP contribution is -2.34. The standard InChI is InChI=1S/C19H28N4O4/c1-16-11-18(22(2)21-16)14-23(13-17-5-4-6-20-12-17)19(24)15-27-10-9-26-8-7-25-3/h4-6,11-12H,7-10,13-15H2,1-3H3. The van der Waals surface area contributed by atoms with Gasteiger partial charge in [0, 0.05) is 33.1 Å². The van der Waals surface area contributed by atoms with Crippen molar-refractivity contribution in [3.8, 4) is 0 Å². The molecule has 0 aromatic carbocycles. The molecule has 0 bridgehead atoms. The number of hydrogen-bond donors (Lipinski definition) is 0. The van der Waals surface area contributed by atoms with E-state index in [1.807, 2.05) is 32.2 Å². The van der Waals surface area contributed by atoms with Crippen LogP contribution in [0.15, 0.2) is 30.6 Å². The minimum atomic E-state index is -0.0883. The highest BCUT2D eigenvalue weighted by Gasteiger charge is 2.17. The zero-order chi connectivity index (χ0) is 19.5. The van der Waals surface area contributed by atoms with Gasteiger partial charge in [-0.2, -0.15) is 5.10 Å². The Kier molecular flexibility index (Phi) is 8.90. The molecule has 0 aliphatic rings. The minimum Gasteiger partial charge on any atom is -0.382 e. The first-order chi connectivity index (χ1) is 13.1. The molecule has 1 amide bonds. The molecule has 0 N–H and O–H groups in total. The van der Waals surface area contributed by atoms with Crippen molar-refractivity contribution in [2.45, 2.75) is 20.0 Å². The number of pyridine rings is 1. The highest BCUT2D eigenvalue weighted by molar-refractivity contribution is 5.77. The summed E-state index contributed by atoms with van der Waals surface area (Å²) in [7, 11) is 3.50. The van der Waals surface area contributed by atoms with E-state index in [0.29, 0.717) is 39.5 Å². The van der Waals surface area contributed by atoms with Gasteiger partial charge in [-0.05, 0) is 24.6 Å². The Bertz CT molecular complexity index is 690. The number of amides is 1. The van der Waals surface area contributed by atoms with Crippen LogP contribution in [0.1, 0.15) is 17.0 Å². The summed E-state index contributed by atoms with van der Waals surface area (Å²) in [5.41, 5.74) is 2.85. The molecule has 2 aromatic rings. The van der Waals surface area contributed by atoms with Gasteiger partial charge in [-0.1, -0.05) is 6.07 Å². The van der Waals surface area contributed by atoms with Crippen molar-refractivity contribution in [1.29, 1.82) is 0 Å². The summed E-state index contributed by atoms with van der Waals surface area (Å²) in [6.07, 6.45) is 3.48. The predicted octanol–water partition coefficient (Wildman–Crippen LogP) is 1.33. The average Bonchev–Trinajstić information content (AvgIpc) is 2.98. The lowest BCUT2D eigenvalue weighted by Gasteiger charge is -2.23. The molecule has 0 aliphatic heterocycles. The van der Waals surface area contributed by atoms with Crippen LogP contribution in [0, 0.1) is 6.92 Å². The van der Waals surface area contributed by atoms with Crippen molar-refractivity contribution in [3.05, 3.63) is 47.5 Å². The summed E-state index contributed by atoms with van der Waals surface area (Å²) in [6, 6.07) is 5.79. The highest BCUT2D eigenvalue weighted by atomic mass is 16.5. The van der Waals surface area contributed by atoms with Crippen LogP contribution in [0.5, 0.6) is 0 Å². The SMILES string of the molecule is COCCOCCOCC(=O)N(Cc1cccnc1)Cc1cc(C)nn1C. The molecule has 8 heteroatoms. The van der Waals surface area contributed by atoms with Crippen molar-refractivity contribution in [2.24, 2.45) is 7.05 Å². The second kappa shape index (κ2) is 11.4. The molecule has 27 heavy (non-hydrogen) atoms. The Hall–Kier alpha value is -2.29. The van der Waals surface area contributed by atoms with Gasteiger partial charge in [-0.15, -0.1) is 0 Å². The monoisotopic (exact) mass is 376 g/mol. The molecule has 0 spiro atoms. The molecule has 0 atom stereocenters. The molecule has 148 valence electrons. The van der Waals surface area contributed by atoms with Gasteiger partial charge in [0.25, 0.3) is 0 Å². The van der Waals surface area contributed by atoms with E-state index >= 15 is 0 Å². The van der Waals surface area contributed by atoms with Gasteiger partial charge in [0.1, 0.15) is 6.61 Å². The maximum atomic E-state index is 12.7. The predicted molar refractivity (Wildman–Crippen MR) is 100.0 cm³/mol. The average molecular weight is 376 g/mol. The van der Waals surface area contributed by atoms with E-state index < -0.39 is 0 Å². The summed E-state index contributed by atoms with van der Waals surface area (Å²) in [6.45, 7) is 4.71. The summed E-state index contributed by atoms with van der Waals surface area (Å²) < 4.78 is 17.5. The van der Waals surface area contributed by atoms with Crippen LogP contribution in [0.25, 0.3) is 0 Å². The second-order valence-electron chi connectivity index (χ2n) is 6.17. The third-order valence-corrected chi connectivity index (χ3v) is 3.93. The minimum absolute atomic E-state index is 0.00470. The van der Waals surface area contributed by atoms with Gasteiger partial charge >= 0.3 is 0 Å². The molecule has 0 fully saturated rings. The Morgan fingerprint density at radius 1 is 1.19 bits per heavy atom. The lowest BCUT2D eigenvalue weighted by molar-refractivity contribution is -0.138. The molecule has 0 radical (unpaired) electrons. The van der Waals surface area contributed by atoms with Gasteiger partial charge in [0.2, 0.25) is 5.91 Å². The maximum absolute atomic E-state index is 12.7. The van der Waals surface area contributed by atoms with Crippen LogP contribution in [0.3, 0.4) is 0 Å². The number of rotatable bonds is 12. The van der Waals surface area contributed by atoms with Gasteiger partial charge in [-0.3, -0.25) is 14.5 Å². The topological polar surface area (TPSA) is 78.7 Å². The van der Waals surface area contributed by atoms with E-state index in [-0.39, 0.29) is 12.5 Å². The Labute approximate surface area is 160 Å². The van der Waals surface area contributed by atoms with E-state index in [9.17, 15) is 4.79 Å². The number of carbonyl (C=O) groups excluding carboxylic acids is 1. The van der Waals surface area contributed by atoms with Crippen LogP contribution < -0.4 is 0 Å². The quantitative estimate of drug-likeness (QED) is 0.520. The van der Waals surface area contributed by atoms with E-state index in [2.05, 4.69) is 10.1 Å². The third-order valence-electron chi connectivity index (χ3n) is 3.93. The van der Waals surface area contributed by atoms with Crippen LogP contribution in [-0.4, -0.2) is 65.7 Å². The number of nitrogens with zero attached hydrogens (tertiary/aromatic N) is 4. The summed E-state index contributed by atoms with van der Waals surface area (Å²) in [4.78, 5) is 18.6. The number of methoxy groups -OCH3 is 1. The Morgan fingerprint density at radius 3 is 2.63 bits per heavy atom. The number of ether oxygens (including phenoxy) is 3. The molecule has 2 aromatic heterocycles. The first-order valence-corrected chi connectivity index (χ1v) is 8.90. The van der Waals surface area contributed by atoms with Crippen molar-refractivity contribution in [3.63, 3.8) is 0 Å². The normalized spacial score (nSPS) is 10.9. The maximum Gasteiger partial charge on any atom is 0.249 e. The molecular weight excluding hydrogens is 348 g/mol. The smallest absolute Gasteiger partial charge is 0.249 e. The van der Waals surface area contributed by atoms with Gasteiger partial charge < -0.3 is 19.1 Å². The molecule has 0 saturated heterocycles. The molecule has 8 nitrogen and oxygen atoms in total. The second-order valence-corrected chi connectivity index (χ2v) is 6.17. The fourth-order valence-corrected chi connectivity index (χ4v) is 2.56. The van der Waals surface area contributed by atoms with E-state index in [0.717, 1.165) is 17.0 Å². The molecule has 2 heterocycles. The third kappa shape index (κ3) is 7.46. The lowest BCUT2D eigenvalue weighted by atomic mass is 10.2. The molecule has 0 unspecified atom stereocenters. The zero-order valence-electron chi connectivity index (χ0n) is 16.3.